The molecule has 0 saturated carbocycles. The molecule has 0 radical (unpaired) electrons. The summed E-state index contributed by atoms with van der Waals surface area (Å²) in [5, 5.41) is 15.1. The molecule has 0 spiro atoms. The molecule has 2 rings (SSSR count). The number of hydrogen-bond donors (Lipinski definition) is 2. The normalized spacial score (nSPS) is 24.1. The van der Waals surface area contributed by atoms with Crippen molar-refractivity contribution in [2.75, 3.05) is 7.05 Å². The minimum absolute atomic E-state index is 0.324. The smallest absolute Gasteiger partial charge is 0.270 e. The first-order valence-electron chi connectivity index (χ1n) is 5.03. The zero-order chi connectivity index (χ0) is 12.6. The lowest BCUT2D eigenvalue weighted by Gasteiger charge is -2.21. The van der Waals surface area contributed by atoms with Crippen LogP contribution in [0.15, 0.2) is 29.4 Å². The largest absolute Gasteiger partial charge is 0.315 e. The summed E-state index contributed by atoms with van der Waals surface area (Å²) < 4.78 is 0. The molecule has 90 valence electrons. The van der Waals surface area contributed by atoms with Gasteiger partial charge in [-0.25, -0.2) is 5.01 Å². The van der Waals surface area contributed by atoms with Crippen molar-refractivity contribution in [3.63, 3.8) is 0 Å². The highest BCUT2D eigenvalue weighted by Crippen LogP contribution is 2.24. The van der Waals surface area contributed by atoms with Gasteiger partial charge in [-0.2, -0.15) is 10.6 Å². The molecule has 0 aromatic heterocycles. The Bertz CT molecular complexity index is 503. The summed E-state index contributed by atoms with van der Waals surface area (Å²) in [5.74, 6) is -0.324. The Balaban J connectivity index is 2.51. The maximum Gasteiger partial charge on any atom is 0.270 e. The van der Waals surface area contributed by atoms with E-state index in [0.29, 0.717) is 16.3 Å². The van der Waals surface area contributed by atoms with Crippen molar-refractivity contribution < 1.29 is 10.0 Å². The summed E-state index contributed by atoms with van der Waals surface area (Å²) in [6.45, 7) is 1.57. The van der Waals surface area contributed by atoms with Crippen LogP contribution in [0, 0.1) is 0 Å². The molecule has 17 heavy (non-hydrogen) atoms. The van der Waals surface area contributed by atoms with Gasteiger partial charge in [-0.3, -0.25) is 4.79 Å². The standard InChI is InChI=1S/C11H12ClN3O2/c1-11(14-17)9(13-15(2)10(11)16)7-4-3-5-8(12)6-7/h3-6,14,17H,1-2H3. The van der Waals surface area contributed by atoms with Crippen molar-refractivity contribution in [2.24, 2.45) is 5.10 Å². The second-order valence-electron chi connectivity index (χ2n) is 4.02. The number of likely N-dealkylation sites (N-methyl/N-ethyl adjacent to an activating group) is 1. The average molecular weight is 254 g/mol. The van der Waals surface area contributed by atoms with Crippen LogP contribution in [0.3, 0.4) is 0 Å². The van der Waals surface area contributed by atoms with Gasteiger partial charge in [-0.05, 0) is 19.1 Å². The topological polar surface area (TPSA) is 64.9 Å². The van der Waals surface area contributed by atoms with Crippen LogP contribution in [0.1, 0.15) is 12.5 Å². The summed E-state index contributed by atoms with van der Waals surface area (Å²) >= 11 is 5.90. The monoisotopic (exact) mass is 253 g/mol. The SMILES string of the molecule is CN1N=C(c2cccc(Cl)c2)C(C)(NO)C1=O. The second kappa shape index (κ2) is 4.10. The maximum atomic E-state index is 11.9. The molecule has 0 saturated heterocycles. The molecule has 1 unspecified atom stereocenters. The molecular formula is C11H12ClN3O2. The highest BCUT2D eigenvalue weighted by molar-refractivity contribution is 6.31. The third kappa shape index (κ3) is 1.82. The van der Waals surface area contributed by atoms with Crippen molar-refractivity contribution in [1.82, 2.24) is 10.5 Å². The number of carbonyl (C=O) groups is 1. The zero-order valence-corrected chi connectivity index (χ0v) is 10.2. The lowest BCUT2D eigenvalue weighted by atomic mass is 9.91. The van der Waals surface area contributed by atoms with Crippen molar-refractivity contribution in [1.29, 1.82) is 0 Å². The van der Waals surface area contributed by atoms with Gasteiger partial charge in [0, 0.05) is 17.6 Å². The fraction of sp³-hybridized carbons (Fsp3) is 0.273. The van der Waals surface area contributed by atoms with Gasteiger partial charge < -0.3 is 5.21 Å². The number of carbonyl (C=O) groups excluding carboxylic acids is 1. The highest BCUT2D eigenvalue weighted by atomic mass is 35.5. The van der Waals surface area contributed by atoms with Gasteiger partial charge in [0.05, 0.1) is 0 Å². The summed E-state index contributed by atoms with van der Waals surface area (Å²) in [7, 11) is 1.54. The molecule has 0 fully saturated rings. The Hall–Kier alpha value is -1.43. The molecular weight excluding hydrogens is 242 g/mol. The van der Waals surface area contributed by atoms with E-state index in [0.717, 1.165) is 0 Å². The van der Waals surface area contributed by atoms with Gasteiger partial charge in [0.25, 0.3) is 5.91 Å². The minimum Gasteiger partial charge on any atom is -0.315 e. The fourth-order valence-corrected chi connectivity index (χ4v) is 1.99. The molecule has 1 atom stereocenters. The molecule has 2 N–H and O–H groups in total. The quantitative estimate of drug-likeness (QED) is 0.780. The molecule has 5 nitrogen and oxygen atoms in total. The van der Waals surface area contributed by atoms with Crippen molar-refractivity contribution >= 4 is 23.2 Å². The predicted octanol–water partition coefficient (Wildman–Crippen LogP) is 1.25. The zero-order valence-electron chi connectivity index (χ0n) is 9.44. The van der Waals surface area contributed by atoms with Crippen LogP contribution in [-0.2, 0) is 4.79 Å². The summed E-state index contributed by atoms with van der Waals surface area (Å²) in [5.41, 5.74) is 1.92. The summed E-state index contributed by atoms with van der Waals surface area (Å²) in [6.07, 6.45) is 0. The number of hydrogen-bond acceptors (Lipinski definition) is 4. The van der Waals surface area contributed by atoms with Crippen LogP contribution < -0.4 is 5.48 Å². The summed E-state index contributed by atoms with van der Waals surface area (Å²) in [4.78, 5) is 11.9. The minimum atomic E-state index is -1.24. The van der Waals surface area contributed by atoms with E-state index in [2.05, 4.69) is 5.10 Å². The number of rotatable bonds is 2. The van der Waals surface area contributed by atoms with Crippen molar-refractivity contribution in [3.05, 3.63) is 34.9 Å². The molecule has 1 heterocycles. The van der Waals surface area contributed by atoms with Gasteiger partial charge in [0.2, 0.25) is 0 Å². The van der Waals surface area contributed by atoms with Crippen LogP contribution in [0.4, 0.5) is 0 Å². The number of nitrogens with zero attached hydrogens (tertiary/aromatic N) is 2. The van der Waals surface area contributed by atoms with Crippen LogP contribution in [0.5, 0.6) is 0 Å². The van der Waals surface area contributed by atoms with Crippen LogP contribution in [-0.4, -0.2) is 34.4 Å². The van der Waals surface area contributed by atoms with Gasteiger partial charge in [-0.15, -0.1) is 0 Å². The maximum absolute atomic E-state index is 11.9. The van der Waals surface area contributed by atoms with Crippen LogP contribution in [0.2, 0.25) is 5.02 Å². The van der Waals surface area contributed by atoms with Crippen molar-refractivity contribution in [2.45, 2.75) is 12.5 Å². The molecule has 1 amide bonds. The molecule has 1 aliphatic heterocycles. The van der Waals surface area contributed by atoms with E-state index in [4.69, 9.17) is 11.6 Å². The Morgan fingerprint density at radius 3 is 2.82 bits per heavy atom. The van der Waals surface area contributed by atoms with Crippen molar-refractivity contribution in [3.8, 4) is 0 Å². The third-order valence-electron chi connectivity index (χ3n) is 2.77. The third-order valence-corrected chi connectivity index (χ3v) is 3.00. The Labute approximate surface area is 104 Å². The van der Waals surface area contributed by atoms with E-state index in [1.807, 2.05) is 5.48 Å². The number of nitrogens with one attached hydrogen (secondary N) is 1. The van der Waals surface area contributed by atoms with E-state index in [1.165, 1.54) is 12.1 Å². The van der Waals surface area contributed by atoms with E-state index >= 15 is 0 Å². The van der Waals surface area contributed by atoms with Gasteiger partial charge in [-0.1, -0.05) is 23.7 Å². The van der Waals surface area contributed by atoms with E-state index in [-0.39, 0.29) is 5.91 Å². The first-order chi connectivity index (χ1) is 7.99. The van der Waals surface area contributed by atoms with E-state index in [1.54, 1.807) is 31.2 Å². The van der Waals surface area contributed by atoms with Gasteiger partial charge in [0.15, 0.2) is 5.54 Å². The number of amides is 1. The highest BCUT2D eigenvalue weighted by Gasteiger charge is 2.46. The molecule has 1 aliphatic rings. The average Bonchev–Trinajstić information content (AvgIpc) is 2.54. The van der Waals surface area contributed by atoms with Crippen LogP contribution in [0.25, 0.3) is 0 Å². The Morgan fingerprint density at radius 2 is 2.24 bits per heavy atom. The molecule has 1 aromatic rings. The number of hydroxylamine groups is 1. The predicted molar refractivity (Wildman–Crippen MR) is 64.1 cm³/mol. The van der Waals surface area contributed by atoms with E-state index in [9.17, 15) is 10.0 Å². The van der Waals surface area contributed by atoms with Crippen LogP contribution >= 0.6 is 11.6 Å². The van der Waals surface area contributed by atoms with Gasteiger partial charge >= 0.3 is 0 Å². The fourth-order valence-electron chi connectivity index (χ4n) is 1.80. The Morgan fingerprint density at radius 1 is 1.53 bits per heavy atom. The second-order valence-corrected chi connectivity index (χ2v) is 4.46. The number of benzene rings is 1. The summed E-state index contributed by atoms with van der Waals surface area (Å²) in [6, 6.07) is 6.98. The lowest BCUT2D eigenvalue weighted by molar-refractivity contribution is -0.134. The molecule has 0 bridgehead atoms. The molecule has 6 heteroatoms. The first-order valence-corrected chi connectivity index (χ1v) is 5.41. The van der Waals surface area contributed by atoms with Gasteiger partial charge in [0.1, 0.15) is 5.71 Å². The Kier molecular flexibility index (Phi) is 2.91. The van der Waals surface area contributed by atoms with E-state index < -0.39 is 5.54 Å². The number of halogens is 1. The molecule has 0 aliphatic carbocycles. The number of hydrazone groups is 1. The molecule has 1 aromatic carbocycles. The lowest BCUT2D eigenvalue weighted by Crippen LogP contribution is -2.53. The first kappa shape index (κ1) is 12.0.